The lowest BCUT2D eigenvalue weighted by molar-refractivity contribution is 0.0102. The molecule has 4 nitrogen and oxygen atoms in total. The zero-order valence-corrected chi connectivity index (χ0v) is 24.4. The minimum absolute atomic E-state index is 0.0355. The Morgan fingerprint density at radius 2 is 0.700 bits per heavy atom. The molecule has 0 N–H and O–H groups in total. The second-order valence-corrected chi connectivity index (χ2v) is 10.4. The molecule has 0 saturated carbocycles. The third kappa shape index (κ3) is 8.87. The topological polar surface area (TPSA) is 36.9 Å². The highest BCUT2D eigenvalue weighted by Gasteiger charge is 2.34. The van der Waals surface area contributed by atoms with Crippen LogP contribution >= 0.6 is 0 Å². The Bertz CT molecular complexity index is 1080. The first kappa shape index (κ1) is 31.3. The van der Waals surface area contributed by atoms with E-state index in [4.69, 9.17) is 18.9 Å². The van der Waals surface area contributed by atoms with Gasteiger partial charge in [0.25, 0.3) is 0 Å². The molecule has 0 radical (unpaired) electrons. The van der Waals surface area contributed by atoms with Gasteiger partial charge < -0.3 is 18.9 Å². The van der Waals surface area contributed by atoms with E-state index >= 15 is 0 Å². The van der Waals surface area contributed by atoms with Crippen molar-refractivity contribution in [1.29, 1.82) is 0 Å². The Labute approximate surface area is 240 Å². The molecular formula is C36H44O4. The number of benzene rings is 4. The van der Waals surface area contributed by atoms with Crippen LogP contribution in [0.3, 0.4) is 0 Å². The van der Waals surface area contributed by atoms with Crippen LogP contribution < -0.4 is 0 Å². The first-order chi connectivity index (χ1) is 19.6. The smallest absolute Gasteiger partial charge is 0.0669 e. The standard InChI is InChI=1S/C19H24O2.C17H20O2/c1-20-15-19(16-21-2,13-17-9-5-3-6-10-17)14-18-11-7-4-8-12-18;1-18-13-17(14-19-2,15-9-5-3-6-10-15)16-11-7-4-8-12-16/h3-12H,13-16H2,1-2H3;3-12H,13-14H2,1-2H3. The molecule has 0 aliphatic carbocycles. The lowest BCUT2D eigenvalue weighted by Crippen LogP contribution is -2.37. The van der Waals surface area contributed by atoms with Crippen LogP contribution in [-0.4, -0.2) is 54.9 Å². The van der Waals surface area contributed by atoms with Gasteiger partial charge in [0, 0.05) is 33.9 Å². The number of hydrogen-bond acceptors (Lipinski definition) is 4. The van der Waals surface area contributed by atoms with E-state index in [-0.39, 0.29) is 10.8 Å². The van der Waals surface area contributed by atoms with Gasteiger partial charge in [-0.15, -0.1) is 0 Å². The Morgan fingerprint density at radius 3 is 1.00 bits per heavy atom. The Balaban J connectivity index is 0.000000222. The van der Waals surface area contributed by atoms with Crippen molar-refractivity contribution in [3.05, 3.63) is 144 Å². The molecule has 0 aliphatic rings. The summed E-state index contributed by atoms with van der Waals surface area (Å²) in [6.45, 7) is 2.55. The summed E-state index contributed by atoms with van der Waals surface area (Å²) in [5, 5.41) is 0. The van der Waals surface area contributed by atoms with E-state index in [1.807, 2.05) is 12.1 Å². The predicted octanol–water partition coefficient (Wildman–Crippen LogP) is 7.02. The van der Waals surface area contributed by atoms with Crippen molar-refractivity contribution in [3.63, 3.8) is 0 Å². The molecule has 0 aliphatic heterocycles. The fourth-order valence-electron chi connectivity index (χ4n) is 5.53. The summed E-state index contributed by atoms with van der Waals surface area (Å²) in [5.74, 6) is 0. The highest BCUT2D eigenvalue weighted by atomic mass is 16.5. The van der Waals surface area contributed by atoms with Crippen LogP contribution in [0.2, 0.25) is 0 Å². The molecule has 0 unspecified atom stereocenters. The van der Waals surface area contributed by atoms with Gasteiger partial charge in [0.1, 0.15) is 0 Å². The summed E-state index contributed by atoms with van der Waals surface area (Å²) in [6, 6.07) is 41.9. The SMILES string of the molecule is COCC(COC)(Cc1ccccc1)Cc1ccccc1.COCC(COC)(c1ccccc1)c1ccccc1. The quantitative estimate of drug-likeness (QED) is 0.172. The first-order valence-electron chi connectivity index (χ1n) is 13.8. The number of hydrogen-bond donors (Lipinski definition) is 0. The molecule has 0 amide bonds. The monoisotopic (exact) mass is 540 g/mol. The summed E-state index contributed by atoms with van der Waals surface area (Å²) in [4.78, 5) is 0. The van der Waals surface area contributed by atoms with Gasteiger partial charge in [0.2, 0.25) is 0 Å². The summed E-state index contributed by atoms with van der Waals surface area (Å²) in [7, 11) is 6.99. The first-order valence-corrected chi connectivity index (χ1v) is 13.8. The van der Waals surface area contributed by atoms with Gasteiger partial charge >= 0.3 is 0 Å². The largest absolute Gasteiger partial charge is 0.384 e. The zero-order chi connectivity index (χ0) is 28.5. The predicted molar refractivity (Wildman–Crippen MR) is 164 cm³/mol. The third-order valence-electron chi connectivity index (χ3n) is 7.18. The van der Waals surface area contributed by atoms with E-state index < -0.39 is 0 Å². The fraction of sp³-hybridized carbons (Fsp3) is 0.333. The molecule has 0 heterocycles. The van der Waals surface area contributed by atoms with Crippen LogP contribution in [0, 0.1) is 5.41 Å². The summed E-state index contributed by atoms with van der Waals surface area (Å²) in [6.07, 6.45) is 1.90. The van der Waals surface area contributed by atoms with Crippen molar-refractivity contribution in [1.82, 2.24) is 0 Å². The Morgan fingerprint density at radius 1 is 0.400 bits per heavy atom. The zero-order valence-electron chi connectivity index (χ0n) is 24.4. The van der Waals surface area contributed by atoms with E-state index in [1.54, 1.807) is 28.4 Å². The summed E-state index contributed by atoms with van der Waals surface area (Å²) < 4.78 is 22.0. The van der Waals surface area contributed by atoms with Gasteiger partial charge in [-0.05, 0) is 35.1 Å². The number of methoxy groups -OCH3 is 4. The highest BCUT2D eigenvalue weighted by molar-refractivity contribution is 5.40. The van der Waals surface area contributed by atoms with Crippen LogP contribution in [0.15, 0.2) is 121 Å². The minimum Gasteiger partial charge on any atom is -0.384 e. The van der Waals surface area contributed by atoms with Crippen molar-refractivity contribution in [2.45, 2.75) is 18.3 Å². The molecule has 40 heavy (non-hydrogen) atoms. The van der Waals surface area contributed by atoms with Gasteiger partial charge in [-0.1, -0.05) is 121 Å². The molecule has 4 heteroatoms. The van der Waals surface area contributed by atoms with Gasteiger partial charge in [0.15, 0.2) is 0 Å². The van der Waals surface area contributed by atoms with E-state index in [0.717, 1.165) is 12.8 Å². The molecule has 4 aromatic rings. The molecule has 4 rings (SSSR count). The van der Waals surface area contributed by atoms with Crippen LogP contribution in [0.1, 0.15) is 22.3 Å². The highest BCUT2D eigenvalue weighted by Crippen LogP contribution is 2.33. The molecular weight excluding hydrogens is 496 g/mol. The maximum absolute atomic E-state index is 5.52. The summed E-state index contributed by atoms with van der Waals surface area (Å²) >= 11 is 0. The molecule has 0 saturated heterocycles. The average Bonchev–Trinajstić information content (AvgIpc) is 2.99. The van der Waals surface area contributed by atoms with Gasteiger partial charge in [-0.2, -0.15) is 0 Å². The van der Waals surface area contributed by atoms with Crippen LogP contribution in [0.4, 0.5) is 0 Å². The van der Waals surface area contributed by atoms with E-state index in [2.05, 4.69) is 109 Å². The normalized spacial score (nSPS) is 11.5. The van der Waals surface area contributed by atoms with Crippen LogP contribution in [0.25, 0.3) is 0 Å². The van der Waals surface area contributed by atoms with Crippen molar-refractivity contribution >= 4 is 0 Å². The fourth-order valence-corrected chi connectivity index (χ4v) is 5.53. The van der Waals surface area contributed by atoms with Gasteiger partial charge in [0.05, 0.1) is 31.8 Å². The van der Waals surface area contributed by atoms with Crippen LogP contribution in [0.5, 0.6) is 0 Å². The molecule has 4 aromatic carbocycles. The van der Waals surface area contributed by atoms with E-state index in [0.29, 0.717) is 26.4 Å². The molecule has 0 atom stereocenters. The van der Waals surface area contributed by atoms with Crippen LogP contribution in [-0.2, 0) is 37.2 Å². The van der Waals surface area contributed by atoms with Crippen molar-refractivity contribution in [3.8, 4) is 0 Å². The van der Waals surface area contributed by atoms with Crippen molar-refractivity contribution in [2.75, 3.05) is 54.9 Å². The molecule has 0 fully saturated rings. The minimum atomic E-state index is -0.258. The van der Waals surface area contributed by atoms with Crippen molar-refractivity contribution < 1.29 is 18.9 Å². The second kappa shape index (κ2) is 16.7. The number of ether oxygens (including phenoxy) is 4. The van der Waals surface area contributed by atoms with Gasteiger partial charge in [-0.3, -0.25) is 0 Å². The Hall–Kier alpha value is -3.28. The maximum atomic E-state index is 5.52. The molecule has 212 valence electrons. The second-order valence-electron chi connectivity index (χ2n) is 10.4. The average molecular weight is 541 g/mol. The van der Waals surface area contributed by atoms with E-state index in [1.165, 1.54) is 22.3 Å². The molecule has 0 bridgehead atoms. The molecule has 0 aromatic heterocycles. The summed E-state index contributed by atoms with van der Waals surface area (Å²) in [5.41, 5.74) is 4.78. The molecule has 0 spiro atoms. The Kier molecular flexibility index (Phi) is 13.1. The maximum Gasteiger partial charge on any atom is 0.0669 e. The van der Waals surface area contributed by atoms with E-state index in [9.17, 15) is 0 Å². The third-order valence-corrected chi connectivity index (χ3v) is 7.18. The lowest BCUT2D eigenvalue weighted by Gasteiger charge is -2.33. The number of rotatable bonds is 14. The van der Waals surface area contributed by atoms with Gasteiger partial charge in [-0.25, -0.2) is 0 Å². The van der Waals surface area contributed by atoms with Crippen molar-refractivity contribution in [2.24, 2.45) is 5.41 Å². The lowest BCUT2D eigenvalue weighted by atomic mass is 9.75.